The number of hydrogen-bond donors (Lipinski definition) is 3. The predicted octanol–water partition coefficient (Wildman–Crippen LogP) is 1.69. The first-order valence-electron chi connectivity index (χ1n) is 5.78. The highest BCUT2D eigenvalue weighted by Gasteiger charge is 2.12. The lowest BCUT2D eigenvalue weighted by Crippen LogP contribution is -2.27. The Morgan fingerprint density at radius 2 is 1.70 bits per heavy atom. The van der Waals surface area contributed by atoms with Crippen molar-refractivity contribution in [1.82, 2.24) is 9.97 Å². The van der Waals surface area contributed by atoms with Crippen molar-refractivity contribution in [2.45, 2.75) is 13.8 Å². The molecule has 6 nitrogen and oxygen atoms in total. The lowest BCUT2D eigenvalue weighted by atomic mass is 10.1. The van der Waals surface area contributed by atoms with Crippen LogP contribution in [0.3, 0.4) is 0 Å². The normalized spacial score (nSPS) is 10.3. The van der Waals surface area contributed by atoms with Crippen molar-refractivity contribution in [2.24, 2.45) is 0 Å². The molecule has 0 radical (unpaired) electrons. The fourth-order valence-electron chi connectivity index (χ4n) is 1.88. The van der Waals surface area contributed by atoms with Crippen LogP contribution in [-0.2, 0) is 0 Å². The number of aromatic nitrogens is 2. The number of nitrogens with one attached hydrogen (secondary N) is 3. The number of hydrogen-bond acceptors (Lipinski definition) is 3. The third-order valence-corrected chi connectivity index (χ3v) is 3.20. The number of H-pyrrole nitrogens is 2. The molecule has 1 amide bonds. The van der Waals surface area contributed by atoms with Crippen LogP contribution in [-0.4, -0.2) is 15.9 Å². The van der Waals surface area contributed by atoms with Gasteiger partial charge >= 0.3 is 5.69 Å². The van der Waals surface area contributed by atoms with E-state index in [1.54, 1.807) is 0 Å². The SMILES string of the molecule is Cc1cc(Br)cc(C)c1NC(=O)c1cc(=O)[nH]c(=O)[nH]1. The van der Waals surface area contributed by atoms with E-state index >= 15 is 0 Å². The van der Waals surface area contributed by atoms with Crippen molar-refractivity contribution >= 4 is 27.5 Å². The van der Waals surface area contributed by atoms with Crippen LogP contribution >= 0.6 is 15.9 Å². The number of rotatable bonds is 2. The third-order valence-electron chi connectivity index (χ3n) is 2.74. The fraction of sp³-hybridized carbons (Fsp3) is 0.154. The van der Waals surface area contributed by atoms with E-state index in [1.807, 2.05) is 31.0 Å². The smallest absolute Gasteiger partial charge is 0.320 e. The standard InChI is InChI=1S/C13H12BrN3O3/c1-6-3-8(14)4-7(2)11(6)17-12(19)9-5-10(18)16-13(20)15-9/h3-5H,1-2H3,(H,17,19)(H2,15,16,18,20). The second kappa shape index (κ2) is 5.46. The number of aryl methyl sites for hydroxylation is 2. The molecular weight excluding hydrogens is 326 g/mol. The van der Waals surface area contributed by atoms with Crippen LogP contribution in [0.4, 0.5) is 5.69 Å². The summed E-state index contributed by atoms with van der Waals surface area (Å²) in [6, 6.07) is 4.77. The Labute approximate surface area is 122 Å². The molecular formula is C13H12BrN3O3. The molecule has 2 rings (SSSR count). The van der Waals surface area contributed by atoms with Gasteiger partial charge in [-0.2, -0.15) is 0 Å². The van der Waals surface area contributed by atoms with Crippen LogP contribution in [0, 0.1) is 13.8 Å². The first-order valence-corrected chi connectivity index (χ1v) is 6.58. The van der Waals surface area contributed by atoms with E-state index in [2.05, 4.69) is 26.2 Å². The molecule has 1 aromatic carbocycles. The van der Waals surface area contributed by atoms with Crippen molar-refractivity contribution in [3.05, 3.63) is 60.3 Å². The van der Waals surface area contributed by atoms with E-state index in [4.69, 9.17) is 0 Å². The second-order valence-electron chi connectivity index (χ2n) is 4.37. The third kappa shape index (κ3) is 3.05. The summed E-state index contributed by atoms with van der Waals surface area (Å²) >= 11 is 3.37. The van der Waals surface area contributed by atoms with Gasteiger partial charge in [0.05, 0.1) is 0 Å². The van der Waals surface area contributed by atoms with E-state index in [1.165, 1.54) is 0 Å². The van der Waals surface area contributed by atoms with Gasteiger partial charge in [0.15, 0.2) is 0 Å². The summed E-state index contributed by atoms with van der Waals surface area (Å²) in [5, 5.41) is 2.69. The van der Waals surface area contributed by atoms with E-state index < -0.39 is 17.2 Å². The fourth-order valence-corrected chi connectivity index (χ4v) is 2.57. The number of carbonyl (C=O) groups is 1. The number of amides is 1. The maximum absolute atomic E-state index is 12.1. The molecule has 104 valence electrons. The molecule has 3 N–H and O–H groups in total. The summed E-state index contributed by atoms with van der Waals surface area (Å²) in [5.74, 6) is -0.540. The van der Waals surface area contributed by atoms with Gasteiger partial charge in [0.1, 0.15) is 5.69 Å². The minimum atomic E-state index is -0.716. The Bertz CT molecular complexity index is 741. The number of carbonyl (C=O) groups excluding carboxylic acids is 1. The molecule has 0 aliphatic carbocycles. The highest BCUT2D eigenvalue weighted by Crippen LogP contribution is 2.25. The molecule has 20 heavy (non-hydrogen) atoms. The first kappa shape index (κ1) is 14.3. The number of benzene rings is 1. The summed E-state index contributed by atoms with van der Waals surface area (Å²) in [5.41, 5.74) is 0.977. The van der Waals surface area contributed by atoms with Gasteiger partial charge in [-0.3, -0.25) is 14.6 Å². The molecule has 0 saturated carbocycles. The zero-order chi connectivity index (χ0) is 14.9. The van der Waals surface area contributed by atoms with Crippen molar-refractivity contribution in [2.75, 3.05) is 5.32 Å². The summed E-state index contributed by atoms with van der Waals surface area (Å²) in [7, 11) is 0. The monoisotopic (exact) mass is 337 g/mol. The maximum atomic E-state index is 12.1. The average molecular weight is 338 g/mol. The van der Waals surface area contributed by atoms with Crippen LogP contribution in [0.15, 0.2) is 32.3 Å². The molecule has 0 unspecified atom stereocenters. The Hall–Kier alpha value is -2.15. The first-order chi connectivity index (χ1) is 9.36. The molecule has 1 aromatic heterocycles. The Kier molecular flexibility index (Phi) is 3.89. The molecule has 1 heterocycles. The van der Waals surface area contributed by atoms with Crippen LogP contribution in [0.2, 0.25) is 0 Å². The molecule has 0 atom stereocenters. The topological polar surface area (TPSA) is 94.8 Å². The van der Waals surface area contributed by atoms with Gasteiger partial charge in [0.2, 0.25) is 0 Å². The molecule has 0 saturated heterocycles. The number of aromatic amines is 2. The quantitative estimate of drug-likeness (QED) is 0.778. The van der Waals surface area contributed by atoms with E-state index in [9.17, 15) is 14.4 Å². The molecule has 2 aromatic rings. The zero-order valence-electron chi connectivity index (χ0n) is 10.8. The van der Waals surface area contributed by atoms with Crippen LogP contribution in [0.25, 0.3) is 0 Å². The number of anilines is 1. The van der Waals surface area contributed by atoms with Gasteiger partial charge in [-0.25, -0.2) is 4.79 Å². The van der Waals surface area contributed by atoms with Gasteiger partial charge in [-0.1, -0.05) is 15.9 Å². The average Bonchev–Trinajstić information content (AvgIpc) is 2.32. The minimum Gasteiger partial charge on any atom is -0.320 e. The van der Waals surface area contributed by atoms with Crippen molar-refractivity contribution in [3.63, 3.8) is 0 Å². The molecule has 0 aliphatic heterocycles. The molecule has 0 aliphatic rings. The highest BCUT2D eigenvalue weighted by molar-refractivity contribution is 9.10. The molecule has 0 spiro atoms. The molecule has 0 fully saturated rings. The maximum Gasteiger partial charge on any atom is 0.326 e. The summed E-state index contributed by atoms with van der Waals surface area (Å²) in [6.45, 7) is 3.71. The van der Waals surface area contributed by atoms with Gasteiger partial charge in [0, 0.05) is 16.2 Å². The van der Waals surface area contributed by atoms with Crippen LogP contribution < -0.4 is 16.6 Å². The van der Waals surface area contributed by atoms with Gasteiger partial charge in [0.25, 0.3) is 11.5 Å². The van der Waals surface area contributed by atoms with Crippen molar-refractivity contribution in [1.29, 1.82) is 0 Å². The summed E-state index contributed by atoms with van der Waals surface area (Å²) < 4.78 is 0.912. The Balaban J connectivity index is 2.37. The zero-order valence-corrected chi connectivity index (χ0v) is 12.4. The van der Waals surface area contributed by atoms with Crippen molar-refractivity contribution in [3.8, 4) is 0 Å². The van der Waals surface area contributed by atoms with Gasteiger partial charge < -0.3 is 10.3 Å². The lowest BCUT2D eigenvalue weighted by molar-refractivity contribution is 0.102. The predicted molar refractivity (Wildman–Crippen MR) is 79.3 cm³/mol. The van der Waals surface area contributed by atoms with Crippen molar-refractivity contribution < 1.29 is 4.79 Å². The Morgan fingerprint density at radius 1 is 1.10 bits per heavy atom. The lowest BCUT2D eigenvalue weighted by Gasteiger charge is -2.12. The van der Waals surface area contributed by atoms with Crippen LogP contribution in [0.5, 0.6) is 0 Å². The second-order valence-corrected chi connectivity index (χ2v) is 5.29. The van der Waals surface area contributed by atoms with Gasteiger partial charge in [-0.15, -0.1) is 0 Å². The van der Waals surface area contributed by atoms with E-state index in [0.717, 1.165) is 21.7 Å². The highest BCUT2D eigenvalue weighted by atomic mass is 79.9. The van der Waals surface area contributed by atoms with E-state index in [0.29, 0.717) is 5.69 Å². The summed E-state index contributed by atoms with van der Waals surface area (Å²) in [4.78, 5) is 38.7. The minimum absolute atomic E-state index is 0.0829. The van der Waals surface area contributed by atoms with Crippen LogP contribution in [0.1, 0.15) is 21.6 Å². The van der Waals surface area contributed by atoms with Gasteiger partial charge in [-0.05, 0) is 37.1 Å². The summed E-state index contributed by atoms with van der Waals surface area (Å²) in [6.07, 6.45) is 0. The molecule has 0 bridgehead atoms. The number of halogens is 1. The van der Waals surface area contributed by atoms with E-state index in [-0.39, 0.29) is 5.69 Å². The largest absolute Gasteiger partial charge is 0.326 e. The molecule has 7 heteroatoms. The Morgan fingerprint density at radius 3 is 2.25 bits per heavy atom.